The van der Waals surface area contributed by atoms with Crippen molar-refractivity contribution in [3.05, 3.63) is 27.7 Å². The Morgan fingerprint density at radius 2 is 2.06 bits per heavy atom. The first-order valence-corrected chi connectivity index (χ1v) is 6.10. The van der Waals surface area contributed by atoms with Crippen LogP contribution in [0, 0.1) is 5.92 Å². The molecule has 0 fully saturated rings. The molecule has 96 valence electrons. The molecule has 1 unspecified atom stereocenters. The van der Waals surface area contributed by atoms with Gasteiger partial charge < -0.3 is 11.1 Å². The third kappa shape index (κ3) is 4.84. The Labute approximate surface area is 121 Å². The summed E-state index contributed by atoms with van der Waals surface area (Å²) in [5, 5.41) is 3.34. The van der Waals surface area contributed by atoms with Gasteiger partial charge in [-0.3, -0.25) is 4.79 Å². The maximum Gasteiger partial charge on any atom is 0.241 e. The number of nitrogens with one attached hydrogen (secondary N) is 1. The van der Waals surface area contributed by atoms with E-state index in [-0.39, 0.29) is 24.2 Å². The Morgan fingerprint density at radius 3 is 2.53 bits per heavy atom. The number of hydrogen-bond donors (Lipinski definition) is 2. The van der Waals surface area contributed by atoms with Gasteiger partial charge in [-0.2, -0.15) is 0 Å². The first kappa shape index (κ1) is 16.7. The minimum Gasteiger partial charge on any atom is -0.325 e. The lowest BCUT2D eigenvalue weighted by atomic mass is 10.1. The molecule has 1 aromatic carbocycles. The van der Waals surface area contributed by atoms with Crippen molar-refractivity contribution >= 4 is 51.5 Å². The smallest absolute Gasteiger partial charge is 0.241 e. The molecule has 0 aliphatic carbocycles. The third-order valence-electron chi connectivity index (χ3n) is 2.21. The topological polar surface area (TPSA) is 55.1 Å². The second kappa shape index (κ2) is 7.21. The zero-order chi connectivity index (χ0) is 12.3. The Balaban J connectivity index is 0.00000256. The monoisotopic (exact) mass is 340 g/mol. The van der Waals surface area contributed by atoms with Crippen LogP contribution in [0.5, 0.6) is 0 Å². The van der Waals surface area contributed by atoms with Gasteiger partial charge in [0, 0.05) is 10.2 Å². The van der Waals surface area contributed by atoms with E-state index in [1.807, 2.05) is 13.8 Å². The van der Waals surface area contributed by atoms with Crippen LogP contribution in [-0.2, 0) is 4.79 Å². The second-order valence-electron chi connectivity index (χ2n) is 3.89. The molecule has 1 aromatic rings. The lowest BCUT2D eigenvalue weighted by Crippen LogP contribution is -2.39. The molecule has 0 heterocycles. The summed E-state index contributed by atoms with van der Waals surface area (Å²) in [4.78, 5) is 11.7. The molecule has 0 bridgehead atoms. The average Bonchev–Trinajstić information content (AvgIpc) is 2.22. The zero-order valence-corrected chi connectivity index (χ0v) is 12.7. The summed E-state index contributed by atoms with van der Waals surface area (Å²) in [6.45, 7) is 3.81. The Bertz CT molecular complexity index is 399. The van der Waals surface area contributed by atoms with E-state index in [1.165, 1.54) is 0 Å². The molecule has 1 atom stereocenters. The summed E-state index contributed by atoms with van der Waals surface area (Å²) in [5.74, 6) is -0.0834. The van der Waals surface area contributed by atoms with Crippen LogP contribution in [0.15, 0.2) is 22.7 Å². The highest BCUT2D eigenvalue weighted by Crippen LogP contribution is 2.25. The van der Waals surface area contributed by atoms with E-state index in [4.69, 9.17) is 17.3 Å². The van der Waals surface area contributed by atoms with E-state index in [9.17, 15) is 4.79 Å². The minimum absolute atomic E-state index is 0. The predicted molar refractivity (Wildman–Crippen MR) is 77.8 cm³/mol. The van der Waals surface area contributed by atoms with Crippen molar-refractivity contribution in [2.45, 2.75) is 19.9 Å². The first-order valence-electron chi connectivity index (χ1n) is 4.93. The average molecular weight is 342 g/mol. The minimum atomic E-state index is -0.505. The molecule has 1 amide bonds. The van der Waals surface area contributed by atoms with Crippen molar-refractivity contribution in [1.82, 2.24) is 0 Å². The van der Waals surface area contributed by atoms with Gasteiger partial charge in [0.25, 0.3) is 0 Å². The quantitative estimate of drug-likeness (QED) is 0.884. The molecule has 1 rings (SSSR count). The van der Waals surface area contributed by atoms with E-state index in [0.717, 1.165) is 4.47 Å². The molecule has 0 aliphatic rings. The van der Waals surface area contributed by atoms with Gasteiger partial charge in [-0.05, 0) is 40.0 Å². The molecule has 0 saturated carbocycles. The number of anilines is 1. The van der Waals surface area contributed by atoms with E-state index < -0.39 is 6.04 Å². The molecule has 0 saturated heterocycles. The molecule has 3 nitrogen and oxygen atoms in total. The maximum absolute atomic E-state index is 11.7. The van der Waals surface area contributed by atoms with E-state index in [0.29, 0.717) is 10.7 Å². The van der Waals surface area contributed by atoms with Crippen LogP contribution in [0.1, 0.15) is 13.8 Å². The van der Waals surface area contributed by atoms with E-state index >= 15 is 0 Å². The number of carbonyl (C=O) groups is 1. The highest BCUT2D eigenvalue weighted by Gasteiger charge is 2.17. The van der Waals surface area contributed by atoms with Crippen molar-refractivity contribution in [2.75, 3.05) is 5.32 Å². The van der Waals surface area contributed by atoms with Gasteiger partial charge in [0.15, 0.2) is 0 Å². The second-order valence-corrected chi connectivity index (χ2v) is 5.15. The summed E-state index contributed by atoms with van der Waals surface area (Å²) in [5.41, 5.74) is 6.40. The van der Waals surface area contributed by atoms with Crippen LogP contribution < -0.4 is 11.1 Å². The molecule has 17 heavy (non-hydrogen) atoms. The highest BCUT2D eigenvalue weighted by molar-refractivity contribution is 9.10. The Hall–Kier alpha value is -0.290. The fraction of sp³-hybridized carbons (Fsp3) is 0.364. The number of nitrogens with two attached hydrogens (primary N) is 1. The van der Waals surface area contributed by atoms with E-state index in [2.05, 4.69) is 21.2 Å². The highest BCUT2D eigenvalue weighted by atomic mass is 79.9. The van der Waals surface area contributed by atoms with Crippen molar-refractivity contribution in [1.29, 1.82) is 0 Å². The predicted octanol–water partition coefficient (Wildman–Crippen LogP) is 3.45. The number of halogens is 3. The van der Waals surface area contributed by atoms with Crippen LogP contribution in [0.25, 0.3) is 0 Å². The van der Waals surface area contributed by atoms with Crippen LogP contribution in [0.2, 0.25) is 5.02 Å². The normalized spacial score (nSPS) is 11.9. The molecule has 3 N–H and O–H groups in total. The summed E-state index contributed by atoms with van der Waals surface area (Å²) in [6.07, 6.45) is 0. The van der Waals surface area contributed by atoms with E-state index in [1.54, 1.807) is 18.2 Å². The summed E-state index contributed by atoms with van der Waals surface area (Å²) < 4.78 is 0.741. The molecule has 0 spiro atoms. The number of amides is 1. The van der Waals surface area contributed by atoms with Gasteiger partial charge in [-0.15, -0.1) is 12.4 Å². The van der Waals surface area contributed by atoms with Gasteiger partial charge >= 0.3 is 0 Å². The molecule has 0 aromatic heterocycles. The molecular weight excluding hydrogens is 327 g/mol. The standard InChI is InChI=1S/C11H14BrClN2O.ClH/c1-6(2)10(14)11(16)15-7-3-4-9(13)8(12)5-7;/h3-6,10H,14H2,1-2H3,(H,15,16);1H. The molecular formula is C11H15BrCl2N2O. The van der Waals surface area contributed by atoms with Gasteiger partial charge in [0.2, 0.25) is 5.91 Å². The van der Waals surface area contributed by atoms with Crippen molar-refractivity contribution in [2.24, 2.45) is 11.7 Å². The summed E-state index contributed by atoms with van der Waals surface area (Å²) in [6, 6.07) is 4.68. The van der Waals surface area contributed by atoms with Gasteiger partial charge in [-0.1, -0.05) is 25.4 Å². The van der Waals surface area contributed by atoms with Crippen molar-refractivity contribution < 1.29 is 4.79 Å². The number of carbonyl (C=O) groups excluding carboxylic acids is 1. The Morgan fingerprint density at radius 1 is 1.47 bits per heavy atom. The zero-order valence-electron chi connectivity index (χ0n) is 9.54. The Kier molecular flexibility index (Phi) is 7.09. The fourth-order valence-electron chi connectivity index (χ4n) is 1.10. The van der Waals surface area contributed by atoms with Gasteiger partial charge in [0.05, 0.1) is 11.1 Å². The summed E-state index contributed by atoms with van der Waals surface area (Å²) in [7, 11) is 0. The van der Waals surface area contributed by atoms with Crippen LogP contribution in [-0.4, -0.2) is 11.9 Å². The lowest BCUT2D eigenvalue weighted by Gasteiger charge is -2.15. The fourth-order valence-corrected chi connectivity index (χ4v) is 1.60. The molecule has 0 aliphatic heterocycles. The number of rotatable bonds is 3. The number of benzene rings is 1. The lowest BCUT2D eigenvalue weighted by molar-refractivity contribution is -0.118. The van der Waals surface area contributed by atoms with Gasteiger partial charge in [-0.25, -0.2) is 0 Å². The van der Waals surface area contributed by atoms with Crippen LogP contribution in [0.3, 0.4) is 0 Å². The molecule has 0 radical (unpaired) electrons. The summed E-state index contributed by atoms with van der Waals surface area (Å²) >= 11 is 9.13. The van der Waals surface area contributed by atoms with Crippen LogP contribution in [0.4, 0.5) is 5.69 Å². The third-order valence-corrected chi connectivity index (χ3v) is 3.42. The largest absolute Gasteiger partial charge is 0.325 e. The number of hydrogen-bond acceptors (Lipinski definition) is 2. The molecule has 6 heteroatoms. The first-order chi connectivity index (χ1) is 7.41. The van der Waals surface area contributed by atoms with Gasteiger partial charge in [0.1, 0.15) is 0 Å². The SMILES string of the molecule is CC(C)C(N)C(=O)Nc1ccc(Cl)c(Br)c1.Cl. The van der Waals surface area contributed by atoms with Crippen molar-refractivity contribution in [3.63, 3.8) is 0 Å². The maximum atomic E-state index is 11.7. The van der Waals surface area contributed by atoms with Crippen molar-refractivity contribution in [3.8, 4) is 0 Å². The van der Waals surface area contributed by atoms with Crippen LogP contribution >= 0.6 is 39.9 Å².